The van der Waals surface area contributed by atoms with Gasteiger partial charge in [0, 0.05) is 37.1 Å². The molecule has 110 valence electrons. The summed E-state index contributed by atoms with van der Waals surface area (Å²) in [7, 11) is 0. The molecule has 1 N–H and O–H groups in total. The topological polar surface area (TPSA) is 45.5 Å². The number of benzene rings is 1. The van der Waals surface area contributed by atoms with E-state index in [1.165, 1.54) is 0 Å². The molecule has 0 spiro atoms. The summed E-state index contributed by atoms with van der Waals surface area (Å²) in [6.07, 6.45) is 0. The normalized spacial score (nSPS) is 24.8. The van der Waals surface area contributed by atoms with Crippen molar-refractivity contribution in [3.05, 3.63) is 35.1 Å². The fourth-order valence-corrected chi connectivity index (χ4v) is 3.75. The van der Waals surface area contributed by atoms with Gasteiger partial charge in [-0.25, -0.2) is 0 Å². The monoisotopic (exact) mass is 284 g/mol. The Balaban J connectivity index is 1.69. The molecular formula is C17H20N2O2. The first kappa shape index (κ1) is 12.9. The molecule has 0 unspecified atom stereocenters. The molecule has 2 aromatic rings. The lowest BCUT2D eigenvalue weighted by Gasteiger charge is -2.16. The van der Waals surface area contributed by atoms with E-state index in [0.29, 0.717) is 17.6 Å². The highest BCUT2D eigenvalue weighted by Gasteiger charge is 2.39. The molecule has 3 heterocycles. The molecule has 2 fully saturated rings. The number of hydrogen-bond donors (Lipinski definition) is 1. The number of aryl methyl sites for hydroxylation is 2. The maximum Gasteiger partial charge on any atom is 0.289 e. The molecule has 1 aromatic carbocycles. The van der Waals surface area contributed by atoms with Crippen molar-refractivity contribution in [3.8, 4) is 0 Å². The highest BCUT2D eigenvalue weighted by molar-refractivity contribution is 5.99. The van der Waals surface area contributed by atoms with Gasteiger partial charge in [-0.2, -0.15) is 0 Å². The van der Waals surface area contributed by atoms with E-state index in [0.717, 1.165) is 48.3 Å². The smallest absolute Gasteiger partial charge is 0.289 e. The molecule has 21 heavy (non-hydrogen) atoms. The Kier molecular flexibility index (Phi) is 2.82. The fraction of sp³-hybridized carbons (Fsp3) is 0.471. The number of furan rings is 1. The van der Waals surface area contributed by atoms with Crippen LogP contribution in [0, 0.1) is 25.7 Å². The van der Waals surface area contributed by atoms with E-state index < -0.39 is 0 Å². The number of hydrogen-bond acceptors (Lipinski definition) is 3. The zero-order chi connectivity index (χ0) is 14.6. The number of nitrogens with zero attached hydrogens (tertiary/aromatic N) is 1. The van der Waals surface area contributed by atoms with Gasteiger partial charge in [-0.3, -0.25) is 4.79 Å². The van der Waals surface area contributed by atoms with Crippen molar-refractivity contribution in [2.75, 3.05) is 26.2 Å². The number of rotatable bonds is 1. The van der Waals surface area contributed by atoms with E-state index in [-0.39, 0.29) is 5.91 Å². The summed E-state index contributed by atoms with van der Waals surface area (Å²) in [6.45, 7) is 7.78. The minimum atomic E-state index is 0.0532. The lowest BCUT2D eigenvalue weighted by molar-refractivity contribution is 0.0751. The molecular weight excluding hydrogens is 264 g/mol. The first-order valence-electron chi connectivity index (χ1n) is 7.64. The maximum atomic E-state index is 12.8. The number of carbonyl (C=O) groups is 1. The van der Waals surface area contributed by atoms with Crippen LogP contribution < -0.4 is 5.32 Å². The number of likely N-dealkylation sites (tertiary alicyclic amines) is 1. The Morgan fingerprint density at radius 2 is 1.95 bits per heavy atom. The van der Waals surface area contributed by atoms with Crippen LogP contribution in [0.5, 0.6) is 0 Å². The summed E-state index contributed by atoms with van der Waals surface area (Å²) in [4.78, 5) is 14.8. The number of fused-ring (bicyclic) bond motifs is 2. The van der Waals surface area contributed by atoms with E-state index in [2.05, 4.69) is 5.32 Å². The Bertz CT molecular complexity index is 707. The summed E-state index contributed by atoms with van der Waals surface area (Å²) < 4.78 is 5.92. The molecule has 4 heteroatoms. The quantitative estimate of drug-likeness (QED) is 0.874. The summed E-state index contributed by atoms with van der Waals surface area (Å²) in [5, 5.41) is 4.46. The molecule has 4 nitrogen and oxygen atoms in total. The number of nitrogens with one attached hydrogen (secondary N) is 1. The van der Waals surface area contributed by atoms with Crippen molar-refractivity contribution in [2.45, 2.75) is 13.8 Å². The summed E-state index contributed by atoms with van der Waals surface area (Å²) in [5.41, 5.74) is 2.89. The SMILES string of the molecule is Cc1c(C(=O)N2C[C@H]3CNC[C@H]3C2)oc2c(C)cccc12. The molecule has 0 bridgehead atoms. The van der Waals surface area contributed by atoms with Gasteiger partial charge in [-0.1, -0.05) is 18.2 Å². The van der Waals surface area contributed by atoms with Gasteiger partial charge < -0.3 is 14.6 Å². The molecule has 1 aromatic heterocycles. The number of para-hydroxylation sites is 1. The Morgan fingerprint density at radius 3 is 2.62 bits per heavy atom. The van der Waals surface area contributed by atoms with Gasteiger partial charge in [0.2, 0.25) is 0 Å². The van der Waals surface area contributed by atoms with Crippen LogP contribution in [0.25, 0.3) is 11.0 Å². The molecule has 2 aliphatic rings. The number of carbonyl (C=O) groups excluding carboxylic acids is 1. The van der Waals surface area contributed by atoms with Gasteiger partial charge in [0.15, 0.2) is 5.76 Å². The minimum absolute atomic E-state index is 0.0532. The molecule has 2 atom stereocenters. The van der Waals surface area contributed by atoms with E-state index in [4.69, 9.17) is 4.42 Å². The second-order valence-electron chi connectivity index (χ2n) is 6.40. The Morgan fingerprint density at radius 1 is 1.24 bits per heavy atom. The predicted molar refractivity (Wildman–Crippen MR) is 81.4 cm³/mol. The van der Waals surface area contributed by atoms with E-state index in [9.17, 15) is 4.79 Å². The fourth-order valence-electron chi connectivity index (χ4n) is 3.75. The third-order valence-corrected chi connectivity index (χ3v) is 5.03. The van der Waals surface area contributed by atoms with Gasteiger partial charge in [-0.05, 0) is 31.2 Å². The lowest BCUT2D eigenvalue weighted by Crippen LogP contribution is -2.31. The van der Waals surface area contributed by atoms with Crippen molar-refractivity contribution in [3.63, 3.8) is 0 Å². The maximum absolute atomic E-state index is 12.8. The van der Waals surface area contributed by atoms with Crippen LogP contribution >= 0.6 is 0 Å². The second kappa shape index (κ2) is 4.60. The first-order valence-corrected chi connectivity index (χ1v) is 7.64. The Labute approximate surface area is 124 Å². The van der Waals surface area contributed by atoms with Gasteiger partial charge >= 0.3 is 0 Å². The summed E-state index contributed by atoms with van der Waals surface area (Å²) in [6, 6.07) is 6.06. The summed E-state index contributed by atoms with van der Waals surface area (Å²) >= 11 is 0. The van der Waals surface area contributed by atoms with E-state index in [1.54, 1.807) is 0 Å². The summed E-state index contributed by atoms with van der Waals surface area (Å²) in [5.74, 6) is 1.80. The Hall–Kier alpha value is -1.81. The zero-order valence-electron chi connectivity index (χ0n) is 12.5. The van der Waals surface area contributed by atoms with Crippen LogP contribution in [-0.4, -0.2) is 37.0 Å². The van der Waals surface area contributed by atoms with Crippen molar-refractivity contribution < 1.29 is 9.21 Å². The van der Waals surface area contributed by atoms with E-state index >= 15 is 0 Å². The van der Waals surface area contributed by atoms with Crippen LogP contribution in [0.15, 0.2) is 22.6 Å². The van der Waals surface area contributed by atoms with E-state index in [1.807, 2.05) is 36.9 Å². The molecule has 2 aliphatic heterocycles. The average Bonchev–Trinajstić information content (AvgIpc) is 3.12. The predicted octanol–water partition coefficient (Wildman–Crippen LogP) is 2.34. The molecule has 0 aliphatic carbocycles. The minimum Gasteiger partial charge on any atom is -0.450 e. The molecule has 1 amide bonds. The second-order valence-corrected chi connectivity index (χ2v) is 6.40. The van der Waals surface area contributed by atoms with Crippen LogP contribution in [-0.2, 0) is 0 Å². The largest absolute Gasteiger partial charge is 0.450 e. The van der Waals surface area contributed by atoms with Gasteiger partial charge in [0.1, 0.15) is 5.58 Å². The van der Waals surface area contributed by atoms with Crippen LogP contribution in [0.2, 0.25) is 0 Å². The average molecular weight is 284 g/mol. The van der Waals surface area contributed by atoms with Crippen LogP contribution in [0.4, 0.5) is 0 Å². The number of amides is 1. The molecule has 2 saturated heterocycles. The van der Waals surface area contributed by atoms with Crippen molar-refractivity contribution >= 4 is 16.9 Å². The van der Waals surface area contributed by atoms with Gasteiger partial charge in [-0.15, -0.1) is 0 Å². The molecule has 4 rings (SSSR count). The lowest BCUT2D eigenvalue weighted by atomic mass is 10.0. The van der Waals surface area contributed by atoms with Gasteiger partial charge in [0.05, 0.1) is 0 Å². The third kappa shape index (κ3) is 1.89. The van der Waals surface area contributed by atoms with Crippen molar-refractivity contribution in [1.29, 1.82) is 0 Å². The highest BCUT2D eigenvalue weighted by Crippen LogP contribution is 2.32. The highest BCUT2D eigenvalue weighted by atomic mass is 16.3. The van der Waals surface area contributed by atoms with Gasteiger partial charge in [0.25, 0.3) is 5.91 Å². The first-order chi connectivity index (χ1) is 10.1. The van der Waals surface area contributed by atoms with Crippen LogP contribution in [0.3, 0.4) is 0 Å². The molecule has 0 radical (unpaired) electrons. The zero-order valence-corrected chi connectivity index (χ0v) is 12.5. The van der Waals surface area contributed by atoms with Crippen molar-refractivity contribution in [2.24, 2.45) is 11.8 Å². The third-order valence-electron chi connectivity index (χ3n) is 5.03. The standard InChI is InChI=1S/C17H20N2O2/c1-10-4-3-5-14-11(2)16(21-15(10)14)17(20)19-8-12-6-18-7-13(12)9-19/h3-5,12-13,18H,6-9H2,1-2H3/t12-,13+. The molecule has 0 saturated carbocycles. The van der Waals surface area contributed by atoms with Crippen LogP contribution in [0.1, 0.15) is 21.7 Å². The van der Waals surface area contributed by atoms with Crippen molar-refractivity contribution in [1.82, 2.24) is 10.2 Å².